The summed E-state index contributed by atoms with van der Waals surface area (Å²) in [5, 5.41) is 14.2. The highest BCUT2D eigenvalue weighted by Gasteiger charge is 2.16. The molecule has 0 aliphatic rings. The summed E-state index contributed by atoms with van der Waals surface area (Å²) < 4.78 is 0. The fourth-order valence-corrected chi connectivity index (χ4v) is 4.46. The third kappa shape index (κ3) is 4.73. The molecule has 0 saturated carbocycles. The highest BCUT2D eigenvalue weighted by atomic mass is 32.1. The highest BCUT2D eigenvalue weighted by Crippen LogP contribution is 2.33. The smallest absolute Gasteiger partial charge is 0.269 e. The summed E-state index contributed by atoms with van der Waals surface area (Å²) in [5.41, 5.74) is 4.45. The Morgan fingerprint density at radius 3 is 2.19 bits per heavy atom. The monoisotopic (exact) mass is 443 g/mol. The first-order chi connectivity index (χ1) is 15.5. The Hall–Kier alpha value is -3.84. The van der Waals surface area contributed by atoms with Crippen molar-refractivity contribution in [1.82, 2.24) is 4.98 Å². The van der Waals surface area contributed by atoms with Gasteiger partial charge in [-0.3, -0.25) is 20.2 Å². The second-order valence-electron chi connectivity index (χ2n) is 7.24. The summed E-state index contributed by atoms with van der Waals surface area (Å²) in [6.07, 6.45) is 1.83. The zero-order chi connectivity index (χ0) is 22.5. The molecule has 1 aromatic heterocycles. The van der Waals surface area contributed by atoms with Gasteiger partial charge in [-0.15, -0.1) is 11.3 Å². The Morgan fingerprint density at radius 1 is 0.938 bits per heavy atom. The van der Waals surface area contributed by atoms with E-state index in [0.29, 0.717) is 10.7 Å². The van der Waals surface area contributed by atoms with Crippen LogP contribution in [-0.4, -0.2) is 15.8 Å². The molecule has 0 radical (unpaired) electrons. The van der Waals surface area contributed by atoms with Crippen LogP contribution in [0.2, 0.25) is 0 Å². The predicted molar refractivity (Wildman–Crippen MR) is 128 cm³/mol. The third-order valence-electron chi connectivity index (χ3n) is 5.00. The minimum atomic E-state index is -0.491. The van der Waals surface area contributed by atoms with Gasteiger partial charge in [-0.2, -0.15) is 0 Å². The lowest BCUT2D eigenvalue weighted by Gasteiger charge is -2.05. The maximum Gasteiger partial charge on any atom is 0.269 e. The number of nitro benzene ring substituents is 1. The van der Waals surface area contributed by atoms with Gasteiger partial charge in [0.2, 0.25) is 0 Å². The van der Waals surface area contributed by atoms with Gasteiger partial charge in [0.1, 0.15) is 0 Å². The zero-order valence-electron chi connectivity index (χ0n) is 17.4. The van der Waals surface area contributed by atoms with Crippen LogP contribution in [0.1, 0.15) is 28.6 Å². The Morgan fingerprint density at radius 2 is 1.56 bits per heavy atom. The van der Waals surface area contributed by atoms with E-state index in [1.165, 1.54) is 35.6 Å². The van der Waals surface area contributed by atoms with Crippen molar-refractivity contribution in [2.24, 2.45) is 0 Å². The van der Waals surface area contributed by atoms with Gasteiger partial charge in [0.05, 0.1) is 10.6 Å². The molecule has 1 amide bonds. The maximum atomic E-state index is 12.6. The third-order valence-corrected chi connectivity index (χ3v) is 6.03. The van der Waals surface area contributed by atoms with Gasteiger partial charge in [0.25, 0.3) is 11.6 Å². The number of carbonyl (C=O) groups excluding carboxylic acids is 1. The van der Waals surface area contributed by atoms with Crippen molar-refractivity contribution in [2.45, 2.75) is 19.8 Å². The van der Waals surface area contributed by atoms with E-state index in [1.54, 1.807) is 0 Å². The fourth-order valence-electron chi connectivity index (χ4n) is 3.38. The summed E-state index contributed by atoms with van der Waals surface area (Å²) in [6, 6.07) is 24.0. The largest absolute Gasteiger partial charge is 0.298 e. The number of non-ortho nitro benzene ring substituents is 1. The van der Waals surface area contributed by atoms with Crippen LogP contribution in [0.3, 0.4) is 0 Å². The van der Waals surface area contributed by atoms with Crippen LogP contribution < -0.4 is 5.32 Å². The highest BCUT2D eigenvalue weighted by molar-refractivity contribution is 7.16. The summed E-state index contributed by atoms with van der Waals surface area (Å²) in [5.74, 6) is -0.345. The molecule has 4 rings (SSSR count). The predicted octanol–water partition coefficient (Wildman–Crippen LogP) is 6.59. The number of aryl methyl sites for hydroxylation is 1. The number of nitrogens with one attached hydrogen (secondary N) is 1. The van der Waals surface area contributed by atoms with Crippen LogP contribution in [0.25, 0.3) is 22.4 Å². The van der Waals surface area contributed by atoms with E-state index in [0.717, 1.165) is 40.1 Å². The second kappa shape index (κ2) is 9.53. The van der Waals surface area contributed by atoms with Gasteiger partial charge in [-0.25, -0.2) is 4.98 Å². The van der Waals surface area contributed by atoms with Crippen molar-refractivity contribution >= 4 is 28.1 Å². The number of anilines is 1. The van der Waals surface area contributed by atoms with Gasteiger partial charge >= 0.3 is 0 Å². The van der Waals surface area contributed by atoms with Gasteiger partial charge in [0, 0.05) is 28.1 Å². The van der Waals surface area contributed by atoms with Crippen LogP contribution in [-0.2, 0) is 6.42 Å². The quantitative estimate of drug-likeness (QED) is 0.258. The van der Waals surface area contributed by atoms with E-state index in [9.17, 15) is 14.9 Å². The lowest BCUT2D eigenvalue weighted by Crippen LogP contribution is -2.11. The first-order valence-corrected chi connectivity index (χ1v) is 11.1. The van der Waals surface area contributed by atoms with Crippen molar-refractivity contribution < 1.29 is 9.72 Å². The Kier molecular flexibility index (Phi) is 6.37. The molecular weight excluding hydrogens is 422 g/mol. The molecule has 0 unspecified atom stereocenters. The molecule has 32 heavy (non-hydrogen) atoms. The van der Waals surface area contributed by atoms with Crippen molar-refractivity contribution in [3.05, 3.63) is 99.4 Å². The average molecular weight is 444 g/mol. The van der Waals surface area contributed by atoms with E-state index in [-0.39, 0.29) is 11.6 Å². The molecule has 6 nitrogen and oxygen atoms in total. The number of nitrogens with zero attached hydrogens (tertiary/aromatic N) is 2. The van der Waals surface area contributed by atoms with Crippen LogP contribution in [0.5, 0.6) is 0 Å². The molecule has 0 aliphatic heterocycles. The summed E-state index contributed by atoms with van der Waals surface area (Å²) in [6.45, 7) is 2.11. The standard InChI is InChI=1S/C25H21N3O3S/c1-2-6-22-23(19-11-9-18(10-12-19)17-7-4-3-5-8-17)26-25(32-22)27-24(29)20-13-15-21(16-14-20)28(30)31/h3-5,7-16H,2,6H2,1H3,(H,26,27,29). The molecule has 4 aromatic rings. The van der Waals surface area contributed by atoms with Gasteiger partial charge in [-0.05, 0) is 29.7 Å². The Labute approximate surface area is 189 Å². The molecule has 1 heterocycles. The van der Waals surface area contributed by atoms with Crippen molar-refractivity contribution in [3.63, 3.8) is 0 Å². The van der Waals surface area contributed by atoms with Crippen molar-refractivity contribution in [3.8, 4) is 22.4 Å². The molecule has 0 saturated heterocycles. The zero-order valence-corrected chi connectivity index (χ0v) is 18.3. The topological polar surface area (TPSA) is 85.1 Å². The number of nitro groups is 1. The minimum absolute atomic E-state index is 0.0535. The first kappa shape index (κ1) is 21.4. The molecular formula is C25H21N3O3S. The van der Waals surface area contributed by atoms with Crippen LogP contribution in [0.15, 0.2) is 78.9 Å². The van der Waals surface area contributed by atoms with Gasteiger partial charge in [0.15, 0.2) is 5.13 Å². The van der Waals surface area contributed by atoms with Gasteiger partial charge < -0.3 is 0 Å². The molecule has 0 spiro atoms. The molecule has 3 aromatic carbocycles. The average Bonchev–Trinajstić information content (AvgIpc) is 3.22. The van der Waals surface area contributed by atoms with E-state index < -0.39 is 4.92 Å². The lowest BCUT2D eigenvalue weighted by molar-refractivity contribution is -0.384. The van der Waals surface area contributed by atoms with E-state index in [2.05, 4.69) is 48.6 Å². The minimum Gasteiger partial charge on any atom is -0.298 e. The molecule has 0 aliphatic carbocycles. The van der Waals surface area contributed by atoms with E-state index >= 15 is 0 Å². The molecule has 0 atom stereocenters. The number of carbonyl (C=O) groups is 1. The van der Waals surface area contributed by atoms with Gasteiger partial charge in [-0.1, -0.05) is 67.9 Å². The Bertz CT molecular complexity index is 1230. The SMILES string of the molecule is CCCc1sc(NC(=O)c2ccc([N+](=O)[O-])cc2)nc1-c1ccc(-c2ccccc2)cc1. The number of hydrogen-bond donors (Lipinski definition) is 1. The van der Waals surface area contributed by atoms with Crippen molar-refractivity contribution in [2.75, 3.05) is 5.32 Å². The van der Waals surface area contributed by atoms with Crippen LogP contribution >= 0.6 is 11.3 Å². The van der Waals surface area contributed by atoms with E-state index in [1.807, 2.05) is 18.2 Å². The summed E-state index contributed by atoms with van der Waals surface area (Å²) >= 11 is 1.46. The fraction of sp³-hybridized carbons (Fsp3) is 0.120. The Balaban J connectivity index is 1.57. The molecule has 0 bridgehead atoms. The number of thiazole rings is 1. The van der Waals surface area contributed by atoms with Crippen LogP contribution in [0.4, 0.5) is 10.8 Å². The molecule has 7 heteroatoms. The number of aromatic nitrogens is 1. The second-order valence-corrected chi connectivity index (χ2v) is 8.33. The molecule has 0 fully saturated rings. The van der Waals surface area contributed by atoms with Crippen molar-refractivity contribution in [1.29, 1.82) is 0 Å². The number of hydrogen-bond acceptors (Lipinski definition) is 5. The molecule has 1 N–H and O–H groups in total. The van der Waals surface area contributed by atoms with E-state index in [4.69, 9.17) is 4.98 Å². The summed E-state index contributed by atoms with van der Waals surface area (Å²) in [7, 11) is 0. The number of benzene rings is 3. The normalized spacial score (nSPS) is 10.7. The summed E-state index contributed by atoms with van der Waals surface area (Å²) in [4.78, 5) is 28.7. The number of rotatable bonds is 7. The first-order valence-electron chi connectivity index (χ1n) is 10.3. The van der Waals surface area contributed by atoms with Crippen LogP contribution in [0, 0.1) is 10.1 Å². The maximum absolute atomic E-state index is 12.6. The number of amides is 1. The molecule has 160 valence electrons. The lowest BCUT2D eigenvalue weighted by atomic mass is 10.0.